The predicted octanol–water partition coefficient (Wildman–Crippen LogP) is 4.03. The molecule has 1 fully saturated rings. The first-order chi connectivity index (χ1) is 9.40. The fourth-order valence-electron chi connectivity index (χ4n) is 3.98. The van der Waals surface area contributed by atoms with Gasteiger partial charge in [0, 0.05) is 10.9 Å². The van der Waals surface area contributed by atoms with E-state index in [0.29, 0.717) is 6.04 Å². The van der Waals surface area contributed by atoms with Crippen LogP contribution in [0.15, 0.2) is 41.3 Å². The topological polar surface area (TPSA) is 12.0 Å². The summed E-state index contributed by atoms with van der Waals surface area (Å²) in [6.07, 6.45) is 9.01. The number of hydrogen-bond acceptors (Lipinski definition) is 2. The van der Waals surface area contributed by atoms with Gasteiger partial charge in [0.2, 0.25) is 0 Å². The van der Waals surface area contributed by atoms with Gasteiger partial charge in [-0.15, -0.1) is 11.8 Å². The van der Waals surface area contributed by atoms with E-state index in [2.05, 4.69) is 41.7 Å². The van der Waals surface area contributed by atoms with Crippen LogP contribution in [-0.4, -0.2) is 12.3 Å². The lowest BCUT2D eigenvalue weighted by molar-refractivity contribution is 0.379. The van der Waals surface area contributed by atoms with E-state index >= 15 is 0 Å². The molecule has 0 aromatic heterocycles. The Labute approximate surface area is 119 Å². The van der Waals surface area contributed by atoms with E-state index in [-0.39, 0.29) is 0 Å². The van der Waals surface area contributed by atoms with Gasteiger partial charge >= 0.3 is 0 Å². The molecule has 2 aliphatic carbocycles. The Kier molecular flexibility index (Phi) is 3.16. The summed E-state index contributed by atoms with van der Waals surface area (Å²) in [5.74, 6) is 3.90. The van der Waals surface area contributed by atoms with Crippen LogP contribution in [-0.2, 0) is 0 Å². The minimum Gasteiger partial charge on any atom is -0.310 e. The SMILES string of the molecule is C1=CC2CC1CC2CNC1CCSc2ccccc21. The number of benzene rings is 1. The van der Waals surface area contributed by atoms with Crippen LogP contribution in [0.3, 0.4) is 0 Å². The molecule has 1 aromatic carbocycles. The fourth-order valence-corrected chi connectivity index (χ4v) is 5.10. The zero-order valence-corrected chi connectivity index (χ0v) is 12.0. The summed E-state index contributed by atoms with van der Waals surface area (Å²) in [7, 11) is 0. The average Bonchev–Trinajstić information content (AvgIpc) is 3.07. The lowest BCUT2D eigenvalue weighted by atomic mass is 9.93. The molecule has 0 saturated heterocycles. The van der Waals surface area contributed by atoms with Crippen LogP contribution in [0.25, 0.3) is 0 Å². The van der Waals surface area contributed by atoms with Crippen molar-refractivity contribution in [3.63, 3.8) is 0 Å². The van der Waals surface area contributed by atoms with E-state index in [4.69, 9.17) is 0 Å². The van der Waals surface area contributed by atoms with Crippen molar-refractivity contribution in [1.82, 2.24) is 5.32 Å². The molecule has 2 bridgehead atoms. The van der Waals surface area contributed by atoms with E-state index in [1.165, 1.54) is 42.0 Å². The quantitative estimate of drug-likeness (QED) is 0.833. The molecule has 1 heterocycles. The monoisotopic (exact) mass is 271 g/mol. The summed E-state index contributed by atoms with van der Waals surface area (Å²) >= 11 is 2.01. The van der Waals surface area contributed by atoms with E-state index in [0.717, 1.165) is 17.8 Å². The maximum absolute atomic E-state index is 3.86. The van der Waals surface area contributed by atoms with Gasteiger partial charge in [-0.25, -0.2) is 0 Å². The van der Waals surface area contributed by atoms with Crippen molar-refractivity contribution in [2.45, 2.75) is 30.2 Å². The van der Waals surface area contributed by atoms with Crippen LogP contribution in [0, 0.1) is 17.8 Å². The third-order valence-electron chi connectivity index (χ3n) is 5.00. The van der Waals surface area contributed by atoms with Crippen molar-refractivity contribution >= 4 is 11.8 Å². The highest BCUT2D eigenvalue weighted by Gasteiger charge is 2.35. The first-order valence-electron chi connectivity index (χ1n) is 7.53. The second-order valence-electron chi connectivity index (χ2n) is 6.18. The summed E-state index contributed by atoms with van der Waals surface area (Å²) < 4.78 is 0. The van der Waals surface area contributed by atoms with Crippen molar-refractivity contribution in [2.24, 2.45) is 17.8 Å². The molecule has 1 nitrogen and oxygen atoms in total. The van der Waals surface area contributed by atoms with Crippen molar-refractivity contribution in [3.05, 3.63) is 42.0 Å². The van der Waals surface area contributed by atoms with Gasteiger partial charge in [-0.1, -0.05) is 30.4 Å². The molecule has 100 valence electrons. The second-order valence-corrected chi connectivity index (χ2v) is 7.31. The van der Waals surface area contributed by atoms with Crippen LogP contribution >= 0.6 is 11.8 Å². The van der Waals surface area contributed by atoms with Crippen molar-refractivity contribution in [1.29, 1.82) is 0 Å². The van der Waals surface area contributed by atoms with Crippen molar-refractivity contribution < 1.29 is 0 Å². The molecular formula is C17H21NS. The maximum atomic E-state index is 3.86. The zero-order chi connectivity index (χ0) is 12.7. The molecule has 4 unspecified atom stereocenters. The molecule has 1 N–H and O–H groups in total. The molecule has 1 saturated carbocycles. The molecular weight excluding hydrogens is 250 g/mol. The predicted molar refractivity (Wildman–Crippen MR) is 81.4 cm³/mol. The summed E-state index contributed by atoms with van der Waals surface area (Å²) in [4.78, 5) is 1.49. The van der Waals surface area contributed by atoms with Crippen LogP contribution in [0.2, 0.25) is 0 Å². The van der Waals surface area contributed by atoms with Crippen molar-refractivity contribution in [3.8, 4) is 0 Å². The number of allylic oxidation sites excluding steroid dienone is 2. The van der Waals surface area contributed by atoms with E-state index < -0.39 is 0 Å². The Morgan fingerprint density at radius 1 is 1.16 bits per heavy atom. The molecule has 1 aliphatic heterocycles. The lowest BCUT2D eigenvalue weighted by Gasteiger charge is -2.28. The smallest absolute Gasteiger partial charge is 0.0339 e. The van der Waals surface area contributed by atoms with Gasteiger partial charge in [0.1, 0.15) is 0 Å². The normalized spacial score (nSPS) is 35.6. The Hall–Kier alpha value is -0.730. The van der Waals surface area contributed by atoms with E-state index in [1.807, 2.05) is 11.8 Å². The number of rotatable bonds is 3. The fraction of sp³-hybridized carbons (Fsp3) is 0.529. The Balaban J connectivity index is 1.43. The minimum atomic E-state index is 0.584. The second kappa shape index (κ2) is 4.99. The van der Waals surface area contributed by atoms with Gasteiger partial charge in [-0.3, -0.25) is 0 Å². The Morgan fingerprint density at radius 3 is 2.95 bits per heavy atom. The van der Waals surface area contributed by atoms with Crippen molar-refractivity contribution in [2.75, 3.05) is 12.3 Å². The lowest BCUT2D eigenvalue weighted by Crippen LogP contribution is -2.31. The summed E-state index contributed by atoms with van der Waals surface area (Å²) in [6.45, 7) is 1.20. The summed E-state index contributed by atoms with van der Waals surface area (Å²) in [6, 6.07) is 9.50. The first kappa shape index (κ1) is 12.0. The maximum Gasteiger partial charge on any atom is 0.0339 e. The van der Waals surface area contributed by atoms with Gasteiger partial charge in [0.15, 0.2) is 0 Å². The number of fused-ring (bicyclic) bond motifs is 3. The number of hydrogen-bond donors (Lipinski definition) is 1. The molecule has 0 radical (unpaired) electrons. The molecule has 4 rings (SSSR count). The third kappa shape index (κ3) is 2.25. The van der Waals surface area contributed by atoms with Gasteiger partial charge in [-0.05, 0) is 60.9 Å². The largest absolute Gasteiger partial charge is 0.310 e. The first-order valence-corrected chi connectivity index (χ1v) is 8.52. The van der Waals surface area contributed by atoms with Gasteiger partial charge < -0.3 is 5.32 Å². The molecule has 3 aliphatic rings. The molecule has 4 atom stereocenters. The van der Waals surface area contributed by atoms with Crippen LogP contribution in [0.1, 0.15) is 30.9 Å². The van der Waals surface area contributed by atoms with E-state index in [1.54, 1.807) is 0 Å². The Morgan fingerprint density at radius 2 is 2.11 bits per heavy atom. The molecule has 19 heavy (non-hydrogen) atoms. The van der Waals surface area contributed by atoms with Crippen LogP contribution < -0.4 is 5.32 Å². The molecule has 2 heteroatoms. The zero-order valence-electron chi connectivity index (χ0n) is 11.2. The van der Waals surface area contributed by atoms with E-state index in [9.17, 15) is 0 Å². The average molecular weight is 271 g/mol. The molecule has 1 aromatic rings. The highest BCUT2D eigenvalue weighted by atomic mass is 32.2. The summed E-state index contributed by atoms with van der Waals surface area (Å²) in [5, 5.41) is 3.86. The highest BCUT2D eigenvalue weighted by molar-refractivity contribution is 7.99. The van der Waals surface area contributed by atoms with Crippen LogP contribution in [0.4, 0.5) is 0 Å². The number of nitrogens with one attached hydrogen (secondary N) is 1. The summed E-state index contributed by atoms with van der Waals surface area (Å²) in [5.41, 5.74) is 1.53. The highest BCUT2D eigenvalue weighted by Crippen LogP contribution is 2.43. The molecule has 0 amide bonds. The standard InChI is InChI=1S/C17H21NS/c1-2-4-17-15(3-1)16(7-8-19-17)18-11-14-10-12-5-6-13(14)9-12/h1-6,12-14,16,18H,7-11H2. The van der Waals surface area contributed by atoms with Gasteiger partial charge in [-0.2, -0.15) is 0 Å². The number of thioether (sulfide) groups is 1. The Bertz CT molecular complexity index is 496. The van der Waals surface area contributed by atoms with Gasteiger partial charge in [0.25, 0.3) is 0 Å². The van der Waals surface area contributed by atoms with Gasteiger partial charge in [0.05, 0.1) is 0 Å². The third-order valence-corrected chi connectivity index (χ3v) is 6.12. The van der Waals surface area contributed by atoms with Crippen LogP contribution in [0.5, 0.6) is 0 Å². The molecule has 0 spiro atoms. The minimum absolute atomic E-state index is 0.584.